The predicted octanol–water partition coefficient (Wildman–Crippen LogP) is 5.44. The fourth-order valence-corrected chi connectivity index (χ4v) is 3.18. The highest BCUT2D eigenvalue weighted by atomic mass is 35.5. The molecule has 0 aliphatic heterocycles. The molecule has 0 fully saturated rings. The summed E-state index contributed by atoms with van der Waals surface area (Å²) in [5, 5.41) is 9.63. The molecule has 0 aliphatic carbocycles. The molecule has 1 atom stereocenters. The Hall–Kier alpha value is -2.61. The van der Waals surface area contributed by atoms with Crippen LogP contribution >= 0.6 is 23.2 Å². The Balaban J connectivity index is 2.10. The molecule has 1 unspecified atom stereocenters. The zero-order valence-electron chi connectivity index (χ0n) is 14.2. The fraction of sp³-hybridized carbons (Fsp3) is 0.150. The highest BCUT2D eigenvalue weighted by molar-refractivity contribution is 6.33. The molecular weight excluding hydrogens is 369 g/mol. The summed E-state index contributed by atoms with van der Waals surface area (Å²) in [7, 11) is 0. The molecule has 2 aromatic carbocycles. The maximum absolute atomic E-state index is 9.14. The van der Waals surface area contributed by atoms with Gasteiger partial charge in [-0.1, -0.05) is 53.5 Å². The van der Waals surface area contributed by atoms with Crippen molar-refractivity contribution in [3.8, 4) is 11.8 Å². The standard InChI is InChI=1S/C20H15Cl2N3O/c1-12-8-14(11-23)9-13(2)18(12)26-19(15-6-4-3-5-7-15)20-24-16(21)10-17(22)25-20/h3-10,19H,1-2H3. The lowest BCUT2D eigenvalue weighted by Gasteiger charge is -2.21. The summed E-state index contributed by atoms with van der Waals surface area (Å²) in [6, 6.07) is 16.8. The first-order valence-electron chi connectivity index (χ1n) is 7.91. The van der Waals surface area contributed by atoms with E-state index in [-0.39, 0.29) is 10.3 Å². The normalized spacial score (nSPS) is 11.7. The van der Waals surface area contributed by atoms with E-state index in [9.17, 15) is 0 Å². The molecule has 0 N–H and O–H groups in total. The van der Waals surface area contributed by atoms with E-state index in [0.29, 0.717) is 17.1 Å². The molecule has 0 saturated carbocycles. The lowest BCUT2D eigenvalue weighted by Crippen LogP contribution is -2.14. The smallest absolute Gasteiger partial charge is 0.183 e. The number of hydrogen-bond donors (Lipinski definition) is 0. The Morgan fingerprint density at radius 2 is 1.54 bits per heavy atom. The minimum atomic E-state index is -0.585. The lowest BCUT2D eigenvalue weighted by atomic mass is 10.0. The maximum Gasteiger partial charge on any atom is 0.183 e. The van der Waals surface area contributed by atoms with Gasteiger partial charge in [-0.3, -0.25) is 0 Å². The van der Waals surface area contributed by atoms with Crippen molar-refractivity contribution in [2.45, 2.75) is 20.0 Å². The van der Waals surface area contributed by atoms with Crippen molar-refractivity contribution in [1.29, 1.82) is 5.26 Å². The van der Waals surface area contributed by atoms with Crippen molar-refractivity contribution in [3.63, 3.8) is 0 Å². The fourth-order valence-electron chi connectivity index (χ4n) is 2.74. The number of rotatable bonds is 4. The Morgan fingerprint density at radius 1 is 0.962 bits per heavy atom. The molecule has 0 radical (unpaired) electrons. The van der Waals surface area contributed by atoms with E-state index >= 15 is 0 Å². The van der Waals surface area contributed by atoms with Gasteiger partial charge in [-0.2, -0.15) is 5.26 Å². The van der Waals surface area contributed by atoms with Crippen LogP contribution in [-0.4, -0.2) is 9.97 Å². The Bertz CT molecular complexity index is 941. The molecule has 0 aliphatic rings. The number of nitriles is 1. The van der Waals surface area contributed by atoms with E-state index in [4.69, 9.17) is 33.2 Å². The van der Waals surface area contributed by atoms with Crippen molar-refractivity contribution in [2.75, 3.05) is 0 Å². The van der Waals surface area contributed by atoms with Gasteiger partial charge >= 0.3 is 0 Å². The number of halogens is 2. The van der Waals surface area contributed by atoms with Crippen molar-refractivity contribution < 1.29 is 4.74 Å². The SMILES string of the molecule is Cc1cc(C#N)cc(C)c1OC(c1ccccc1)c1nc(Cl)cc(Cl)n1. The Kier molecular flexibility index (Phi) is 5.41. The van der Waals surface area contributed by atoms with Gasteiger partial charge in [0.25, 0.3) is 0 Å². The summed E-state index contributed by atoms with van der Waals surface area (Å²) in [6.45, 7) is 3.80. The van der Waals surface area contributed by atoms with Gasteiger partial charge in [0.2, 0.25) is 0 Å². The quantitative estimate of drug-likeness (QED) is 0.562. The van der Waals surface area contributed by atoms with Gasteiger partial charge in [-0.15, -0.1) is 0 Å². The van der Waals surface area contributed by atoms with Crippen LogP contribution in [0.15, 0.2) is 48.5 Å². The van der Waals surface area contributed by atoms with Crippen LogP contribution in [0.3, 0.4) is 0 Å². The average molecular weight is 384 g/mol. The molecule has 0 spiro atoms. The molecule has 0 saturated heterocycles. The molecule has 4 nitrogen and oxygen atoms in total. The molecular formula is C20H15Cl2N3O. The third kappa shape index (κ3) is 3.96. The largest absolute Gasteiger partial charge is 0.477 e. The van der Waals surface area contributed by atoms with Gasteiger partial charge in [-0.25, -0.2) is 9.97 Å². The Morgan fingerprint density at radius 3 is 2.08 bits per heavy atom. The first-order chi connectivity index (χ1) is 12.5. The van der Waals surface area contributed by atoms with E-state index in [1.54, 1.807) is 12.1 Å². The molecule has 26 heavy (non-hydrogen) atoms. The molecule has 3 aromatic rings. The van der Waals surface area contributed by atoms with Crippen LogP contribution in [0.2, 0.25) is 10.3 Å². The number of ether oxygens (including phenoxy) is 1. The van der Waals surface area contributed by atoms with Crippen LogP contribution < -0.4 is 4.74 Å². The second-order valence-electron chi connectivity index (χ2n) is 5.83. The number of benzene rings is 2. The van der Waals surface area contributed by atoms with Gasteiger partial charge in [0, 0.05) is 11.6 Å². The minimum Gasteiger partial charge on any atom is -0.477 e. The van der Waals surface area contributed by atoms with Crippen molar-refractivity contribution in [1.82, 2.24) is 9.97 Å². The summed E-state index contributed by atoms with van der Waals surface area (Å²) in [4.78, 5) is 8.58. The molecule has 0 amide bonds. The molecule has 1 aromatic heterocycles. The number of hydrogen-bond acceptors (Lipinski definition) is 4. The third-order valence-corrected chi connectivity index (χ3v) is 4.23. The van der Waals surface area contributed by atoms with Crippen LogP contribution in [0.5, 0.6) is 5.75 Å². The van der Waals surface area contributed by atoms with Crippen LogP contribution in [0.4, 0.5) is 0 Å². The first kappa shape index (κ1) is 18.2. The highest BCUT2D eigenvalue weighted by Crippen LogP contribution is 2.32. The van der Waals surface area contributed by atoms with Gasteiger partial charge in [0.05, 0.1) is 11.6 Å². The Labute approximate surface area is 162 Å². The summed E-state index contributed by atoms with van der Waals surface area (Å²) in [5.41, 5.74) is 3.17. The van der Waals surface area contributed by atoms with E-state index in [1.807, 2.05) is 44.2 Å². The van der Waals surface area contributed by atoms with Crippen molar-refractivity contribution in [3.05, 3.63) is 86.9 Å². The summed E-state index contributed by atoms with van der Waals surface area (Å²) < 4.78 is 6.31. The summed E-state index contributed by atoms with van der Waals surface area (Å²) in [6.07, 6.45) is -0.585. The lowest BCUT2D eigenvalue weighted by molar-refractivity contribution is 0.233. The van der Waals surface area contributed by atoms with E-state index < -0.39 is 6.10 Å². The van der Waals surface area contributed by atoms with Crippen molar-refractivity contribution >= 4 is 23.2 Å². The zero-order valence-corrected chi connectivity index (χ0v) is 15.7. The second-order valence-corrected chi connectivity index (χ2v) is 6.61. The van der Waals surface area contributed by atoms with E-state index in [2.05, 4.69) is 16.0 Å². The summed E-state index contributed by atoms with van der Waals surface area (Å²) in [5.74, 6) is 1.05. The van der Waals surface area contributed by atoms with Gasteiger partial charge < -0.3 is 4.74 Å². The third-order valence-electron chi connectivity index (χ3n) is 3.84. The number of nitrogens with zero attached hydrogens (tertiary/aromatic N) is 3. The number of aromatic nitrogens is 2. The maximum atomic E-state index is 9.14. The van der Waals surface area contributed by atoms with Crippen LogP contribution in [0.25, 0.3) is 0 Å². The van der Waals surface area contributed by atoms with Crippen LogP contribution in [0.1, 0.15) is 34.2 Å². The van der Waals surface area contributed by atoms with E-state index in [0.717, 1.165) is 16.7 Å². The first-order valence-corrected chi connectivity index (χ1v) is 8.66. The van der Waals surface area contributed by atoms with Crippen LogP contribution in [-0.2, 0) is 0 Å². The minimum absolute atomic E-state index is 0.248. The molecule has 0 bridgehead atoms. The number of aryl methyl sites for hydroxylation is 2. The topological polar surface area (TPSA) is 58.8 Å². The molecule has 1 heterocycles. The molecule has 6 heteroatoms. The van der Waals surface area contributed by atoms with E-state index in [1.165, 1.54) is 6.07 Å². The molecule has 3 rings (SSSR count). The second kappa shape index (κ2) is 7.74. The van der Waals surface area contributed by atoms with Gasteiger partial charge in [0.15, 0.2) is 11.9 Å². The predicted molar refractivity (Wildman–Crippen MR) is 102 cm³/mol. The highest BCUT2D eigenvalue weighted by Gasteiger charge is 2.22. The summed E-state index contributed by atoms with van der Waals surface area (Å²) >= 11 is 12.1. The van der Waals surface area contributed by atoms with Crippen molar-refractivity contribution in [2.24, 2.45) is 0 Å². The average Bonchev–Trinajstić information content (AvgIpc) is 2.61. The van der Waals surface area contributed by atoms with Gasteiger partial charge in [-0.05, 0) is 37.1 Å². The molecule has 130 valence electrons. The zero-order chi connectivity index (χ0) is 18.7. The monoisotopic (exact) mass is 383 g/mol. The van der Waals surface area contributed by atoms with Crippen LogP contribution in [0, 0.1) is 25.2 Å². The van der Waals surface area contributed by atoms with Gasteiger partial charge in [0.1, 0.15) is 16.1 Å².